The minimum absolute atomic E-state index is 0.0413. The van der Waals surface area contributed by atoms with E-state index in [0.29, 0.717) is 11.3 Å². The van der Waals surface area contributed by atoms with Crippen LogP contribution in [0, 0.1) is 29.6 Å². The van der Waals surface area contributed by atoms with Crippen molar-refractivity contribution in [2.24, 2.45) is 35.3 Å². The third-order valence-electron chi connectivity index (χ3n) is 12.9. The number of nitrogens with zero attached hydrogens (tertiary/aromatic N) is 6. The molecule has 0 saturated carbocycles. The van der Waals surface area contributed by atoms with Crippen molar-refractivity contribution in [3.8, 4) is 0 Å². The molecule has 21 heteroatoms. The first-order valence-corrected chi connectivity index (χ1v) is 27.1. The number of urea groups is 3. The summed E-state index contributed by atoms with van der Waals surface area (Å²) < 4.78 is 6.92. The lowest BCUT2D eigenvalue weighted by Crippen LogP contribution is -2.63. The molecule has 0 aromatic carbocycles. The minimum Gasteiger partial charge on any atom is -0.411 e. The smallest absolute Gasteiger partial charge is 0.327 e. The summed E-state index contributed by atoms with van der Waals surface area (Å²) in [6.07, 6.45) is -0.625. The van der Waals surface area contributed by atoms with E-state index in [-0.39, 0.29) is 49.3 Å². The van der Waals surface area contributed by atoms with Crippen molar-refractivity contribution in [1.29, 1.82) is 0 Å². The summed E-state index contributed by atoms with van der Waals surface area (Å²) in [7, 11) is 5.15. The van der Waals surface area contributed by atoms with Gasteiger partial charge in [0.15, 0.2) is 8.32 Å². The molecule has 69 heavy (non-hydrogen) atoms. The predicted molar refractivity (Wildman–Crippen MR) is 269 cm³/mol. The molecule has 0 aliphatic heterocycles. The first-order valence-electron chi connectivity index (χ1n) is 24.2. The van der Waals surface area contributed by atoms with Crippen LogP contribution < -0.4 is 16.4 Å². The van der Waals surface area contributed by atoms with Gasteiger partial charge in [0, 0.05) is 48.7 Å². The van der Waals surface area contributed by atoms with Gasteiger partial charge < -0.3 is 40.2 Å². The van der Waals surface area contributed by atoms with Crippen molar-refractivity contribution in [2.75, 3.05) is 48.8 Å². The fourth-order valence-electron chi connectivity index (χ4n) is 7.34. The fourth-order valence-corrected chi connectivity index (χ4v) is 8.73. The summed E-state index contributed by atoms with van der Waals surface area (Å²) in [4.78, 5) is 130. The van der Waals surface area contributed by atoms with Crippen molar-refractivity contribution in [3.63, 3.8) is 0 Å². The summed E-state index contributed by atoms with van der Waals surface area (Å²) in [6.45, 7) is 27.4. The quantitative estimate of drug-likeness (QED) is 0.0966. The van der Waals surface area contributed by atoms with Crippen LogP contribution in [0.4, 0.5) is 14.4 Å². The molecule has 0 fully saturated rings. The highest BCUT2D eigenvalue weighted by Crippen LogP contribution is 2.39. The second kappa shape index (κ2) is 27.7. The number of primary amides is 1. The van der Waals surface area contributed by atoms with Gasteiger partial charge in [-0.3, -0.25) is 43.9 Å². The van der Waals surface area contributed by atoms with Crippen molar-refractivity contribution < 1.29 is 52.7 Å². The molecule has 0 rings (SSSR count). The van der Waals surface area contributed by atoms with Gasteiger partial charge >= 0.3 is 18.1 Å². The minimum atomic E-state index is -2.81. The van der Waals surface area contributed by atoms with Gasteiger partial charge in [-0.2, -0.15) is 0 Å². The van der Waals surface area contributed by atoms with E-state index in [0.717, 1.165) is 19.6 Å². The molecule has 398 valence electrons. The first kappa shape index (κ1) is 64.4. The van der Waals surface area contributed by atoms with Gasteiger partial charge in [-0.25, -0.2) is 14.4 Å². The van der Waals surface area contributed by atoms with Crippen LogP contribution in [0.5, 0.6) is 0 Å². The standard InChI is InChI=1S/C48H91N9O11Si/c1-28(2)22-23-36(59)54(16)35(25-30(5)6)43(63)57(19)47(67)55(17)39(40(32(9)26-33(10)58)68-69(20,21)48(11,12)13)42(62)51-46(66)52(14)27-37(60)53(15)34(24-29(3)4)41(61)50-38(31(7)8)44(64)56(18)45(49)65/h28-35,38-40,58H,22-27H2,1-21H3,(H2,49,65)(H,50,61)(H,51,62,66)/t32-,33?,34+,35+,38+,39+,40-/m1/s1. The summed E-state index contributed by atoms with van der Waals surface area (Å²) in [5.41, 5.74) is 5.31. The zero-order chi connectivity index (χ0) is 54.4. The Morgan fingerprint density at radius 2 is 1.14 bits per heavy atom. The topological polar surface area (TPSA) is 253 Å². The number of amides is 12. The van der Waals surface area contributed by atoms with Crippen molar-refractivity contribution >= 4 is 61.9 Å². The zero-order valence-corrected chi connectivity index (χ0v) is 46.9. The molecule has 0 aliphatic carbocycles. The average Bonchev–Trinajstić information content (AvgIpc) is 3.22. The van der Waals surface area contributed by atoms with E-state index in [2.05, 4.69) is 10.6 Å². The molecule has 0 aromatic heterocycles. The number of hydrogen-bond donors (Lipinski definition) is 4. The molecule has 0 saturated heterocycles. The highest BCUT2D eigenvalue weighted by molar-refractivity contribution is 6.74. The Balaban J connectivity index is 7.19. The van der Waals surface area contributed by atoms with Crippen LogP contribution in [0.15, 0.2) is 0 Å². The number of nitrogens with one attached hydrogen (secondary N) is 2. The van der Waals surface area contributed by atoms with Gasteiger partial charge in [0.1, 0.15) is 30.7 Å². The van der Waals surface area contributed by atoms with E-state index in [9.17, 15) is 48.3 Å². The number of carbonyl (C=O) groups excluding carboxylic acids is 9. The second-order valence-corrected chi connectivity index (χ2v) is 26.7. The summed E-state index contributed by atoms with van der Waals surface area (Å²) in [6, 6.07) is -7.81. The van der Waals surface area contributed by atoms with Crippen LogP contribution in [0.25, 0.3) is 0 Å². The maximum Gasteiger partial charge on any atom is 0.327 e. The molecular weight excluding hydrogens is 907 g/mol. The first-order chi connectivity index (χ1) is 31.3. The largest absolute Gasteiger partial charge is 0.411 e. The summed E-state index contributed by atoms with van der Waals surface area (Å²) in [5.74, 6) is -5.00. The SMILES string of the molecule is CC(C)CCC(=O)N(C)[C@@H](CC(C)C)C(=O)N(C)C(=O)N(C)[C@H](C(=O)NC(=O)N(C)CC(=O)N(C)[C@@H](CC(C)C)C(=O)N[C@H](C(=O)N(C)C(N)=O)C(C)C)[C@H](O[Si](C)(C)C(C)(C)C)[C@H](C)CC(C)O. The van der Waals surface area contributed by atoms with Gasteiger partial charge in [0.25, 0.3) is 17.7 Å². The van der Waals surface area contributed by atoms with Crippen molar-refractivity contribution in [1.82, 2.24) is 40.0 Å². The molecule has 7 atom stereocenters. The third-order valence-corrected chi connectivity index (χ3v) is 17.4. The van der Waals surface area contributed by atoms with E-state index >= 15 is 0 Å². The second-order valence-electron chi connectivity index (χ2n) is 22.0. The van der Waals surface area contributed by atoms with Gasteiger partial charge in [-0.1, -0.05) is 83.1 Å². The Morgan fingerprint density at radius 3 is 1.58 bits per heavy atom. The van der Waals surface area contributed by atoms with Crippen LogP contribution in [-0.4, -0.2) is 182 Å². The number of aliphatic hydroxyl groups excluding tert-OH is 1. The van der Waals surface area contributed by atoms with Crippen LogP contribution in [0.2, 0.25) is 18.1 Å². The number of likely N-dealkylation sites (N-methyl/N-ethyl adjacent to an activating group) is 6. The van der Waals surface area contributed by atoms with E-state index in [1.807, 2.05) is 75.4 Å². The number of nitrogens with two attached hydrogens (primary N) is 1. The molecular formula is C48H91N9O11Si. The summed E-state index contributed by atoms with van der Waals surface area (Å²) in [5, 5.41) is 15.2. The highest BCUT2D eigenvalue weighted by atomic mass is 28.4. The number of aliphatic hydroxyl groups is 1. The molecule has 0 bridgehead atoms. The molecule has 0 spiro atoms. The Labute approximate surface area is 414 Å². The number of rotatable bonds is 24. The van der Waals surface area contributed by atoms with Gasteiger partial charge in [0.05, 0.1) is 12.2 Å². The predicted octanol–water partition coefficient (Wildman–Crippen LogP) is 4.69. The Kier molecular flexibility index (Phi) is 25.8. The van der Waals surface area contributed by atoms with Crippen LogP contribution >= 0.6 is 0 Å². The molecule has 0 radical (unpaired) electrons. The average molecular weight is 998 g/mol. The van der Waals surface area contributed by atoms with E-state index in [1.165, 1.54) is 47.2 Å². The monoisotopic (exact) mass is 998 g/mol. The van der Waals surface area contributed by atoms with Crippen molar-refractivity contribution in [3.05, 3.63) is 0 Å². The van der Waals surface area contributed by atoms with E-state index in [1.54, 1.807) is 27.7 Å². The van der Waals surface area contributed by atoms with Crippen molar-refractivity contribution in [2.45, 2.75) is 177 Å². The van der Waals surface area contributed by atoms with Crippen LogP contribution in [0.1, 0.15) is 122 Å². The highest BCUT2D eigenvalue weighted by Gasteiger charge is 2.48. The van der Waals surface area contributed by atoms with Gasteiger partial charge in [-0.15, -0.1) is 0 Å². The molecule has 1 unspecified atom stereocenters. The van der Waals surface area contributed by atoms with E-state index < -0.39 is 116 Å². The Morgan fingerprint density at radius 1 is 0.652 bits per heavy atom. The number of hydrogen-bond acceptors (Lipinski definition) is 11. The lowest BCUT2D eigenvalue weighted by Gasteiger charge is -2.45. The maximum atomic E-state index is 14.8. The molecule has 0 aliphatic rings. The van der Waals surface area contributed by atoms with Gasteiger partial charge in [-0.05, 0) is 80.3 Å². The lowest BCUT2D eigenvalue weighted by atomic mass is 9.91. The van der Waals surface area contributed by atoms with Crippen LogP contribution in [-0.2, 0) is 33.2 Å². The molecule has 0 aromatic rings. The van der Waals surface area contributed by atoms with Crippen LogP contribution in [0.3, 0.4) is 0 Å². The number of imide groups is 3. The third kappa shape index (κ3) is 19.6. The Bertz CT molecular complexity index is 1790. The molecule has 20 nitrogen and oxygen atoms in total. The molecule has 12 amide bonds. The normalized spacial score (nSPS) is 15.0. The summed E-state index contributed by atoms with van der Waals surface area (Å²) >= 11 is 0. The fraction of sp³-hybridized carbons (Fsp3) is 0.812. The zero-order valence-electron chi connectivity index (χ0n) is 45.9. The molecule has 0 heterocycles. The lowest BCUT2D eigenvalue weighted by molar-refractivity contribution is -0.143. The van der Waals surface area contributed by atoms with E-state index in [4.69, 9.17) is 10.2 Å². The number of carbonyl (C=O) groups is 9. The molecule has 5 N–H and O–H groups in total. The van der Waals surface area contributed by atoms with Gasteiger partial charge in [0.2, 0.25) is 17.7 Å². The Hall–Kier alpha value is -4.63. The maximum absolute atomic E-state index is 14.8.